The molecule has 0 radical (unpaired) electrons. The largest absolute Gasteiger partial charge is 0.449 e. The number of carbonyl (C=O) groups is 1. The standard InChI is InChI=1S/C16H19Cl2N3O3/c1-3-7-24-16(23)19-14-9-15(22)21(20-14)13(4-2)10-5-6-11(17)12(18)8-10/h5-6,8-9,13,20H,3-4,7H2,1-2H3,(H,19,23). The first-order valence-electron chi connectivity index (χ1n) is 7.66. The normalized spacial score (nSPS) is 12.0. The minimum absolute atomic E-state index is 0.255. The monoisotopic (exact) mass is 371 g/mol. The van der Waals surface area contributed by atoms with Crippen molar-refractivity contribution in [2.24, 2.45) is 0 Å². The molecule has 130 valence electrons. The average Bonchev–Trinajstić information content (AvgIpc) is 2.90. The van der Waals surface area contributed by atoms with E-state index < -0.39 is 6.09 Å². The molecule has 0 aliphatic carbocycles. The molecule has 0 aliphatic rings. The maximum absolute atomic E-state index is 12.2. The zero-order chi connectivity index (χ0) is 17.7. The molecule has 1 unspecified atom stereocenters. The van der Waals surface area contributed by atoms with E-state index in [1.54, 1.807) is 12.1 Å². The first kappa shape index (κ1) is 18.4. The van der Waals surface area contributed by atoms with Crippen LogP contribution in [0.5, 0.6) is 0 Å². The molecule has 0 bridgehead atoms. The molecule has 0 saturated carbocycles. The van der Waals surface area contributed by atoms with Crippen molar-refractivity contribution in [3.05, 3.63) is 50.2 Å². The van der Waals surface area contributed by atoms with E-state index in [0.717, 1.165) is 12.0 Å². The lowest BCUT2D eigenvalue weighted by atomic mass is 10.1. The number of aromatic amines is 1. The number of hydrogen-bond donors (Lipinski definition) is 2. The van der Waals surface area contributed by atoms with E-state index in [2.05, 4.69) is 10.4 Å². The fourth-order valence-corrected chi connectivity index (χ4v) is 2.64. The van der Waals surface area contributed by atoms with Gasteiger partial charge in [0.15, 0.2) is 0 Å². The second kappa shape index (κ2) is 8.26. The van der Waals surface area contributed by atoms with Crippen LogP contribution in [0, 0.1) is 0 Å². The number of hydrogen-bond acceptors (Lipinski definition) is 3. The van der Waals surface area contributed by atoms with Gasteiger partial charge in [-0.3, -0.25) is 15.2 Å². The van der Waals surface area contributed by atoms with Gasteiger partial charge in [0.25, 0.3) is 5.56 Å². The molecule has 0 spiro atoms. The summed E-state index contributed by atoms with van der Waals surface area (Å²) in [5.41, 5.74) is 0.578. The third kappa shape index (κ3) is 4.33. The number of halogens is 2. The van der Waals surface area contributed by atoms with Gasteiger partial charge in [0.2, 0.25) is 0 Å². The molecule has 2 rings (SSSR count). The van der Waals surface area contributed by atoms with Gasteiger partial charge in [0.05, 0.1) is 22.7 Å². The van der Waals surface area contributed by atoms with Crippen molar-refractivity contribution in [3.8, 4) is 0 Å². The van der Waals surface area contributed by atoms with Crippen LogP contribution in [0.4, 0.5) is 10.6 Å². The fourth-order valence-electron chi connectivity index (χ4n) is 2.33. The fraction of sp³-hybridized carbons (Fsp3) is 0.375. The van der Waals surface area contributed by atoms with Gasteiger partial charge in [-0.15, -0.1) is 0 Å². The van der Waals surface area contributed by atoms with Crippen molar-refractivity contribution in [2.75, 3.05) is 11.9 Å². The van der Waals surface area contributed by atoms with Gasteiger partial charge in [-0.2, -0.15) is 0 Å². The number of benzene rings is 1. The van der Waals surface area contributed by atoms with Gasteiger partial charge in [-0.05, 0) is 30.5 Å². The highest BCUT2D eigenvalue weighted by Crippen LogP contribution is 2.28. The predicted molar refractivity (Wildman–Crippen MR) is 95.2 cm³/mol. The van der Waals surface area contributed by atoms with Gasteiger partial charge in [0, 0.05) is 6.07 Å². The van der Waals surface area contributed by atoms with Crippen molar-refractivity contribution < 1.29 is 9.53 Å². The summed E-state index contributed by atoms with van der Waals surface area (Å²) in [5.74, 6) is 0.277. The van der Waals surface area contributed by atoms with E-state index in [-0.39, 0.29) is 17.4 Å². The SMILES string of the molecule is CCCOC(=O)Nc1cc(=O)n(C(CC)c2ccc(Cl)c(Cl)c2)[nH]1. The van der Waals surface area contributed by atoms with Gasteiger partial charge in [-0.1, -0.05) is 43.1 Å². The van der Waals surface area contributed by atoms with Crippen LogP contribution in [0.15, 0.2) is 29.1 Å². The van der Waals surface area contributed by atoms with Crippen LogP contribution in [0.25, 0.3) is 0 Å². The summed E-state index contributed by atoms with van der Waals surface area (Å²) in [6.07, 6.45) is 0.769. The van der Waals surface area contributed by atoms with Gasteiger partial charge < -0.3 is 4.74 Å². The lowest BCUT2D eigenvalue weighted by Crippen LogP contribution is -2.22. The highest BCUT2D eigenvalue weighted by atomic mass is 35.5. The Morgan fingerprint density at radius 2 is 2.04 bits per heavy atom. The Hall–Kier alpha value is -1.92. The average molecular weight is 372 g/mol. The first-order chi connectivity index (χ1) is 11.5. The number of anilines is 1. The van der Waals surface area contributed by atoms with Crippen molar-refractivity contribution in [1.82, 2.24) is 9.78 Å². The third-order valence-electron chi connectivity index (χ3n) is 3.45. The number of amides is 1. The molecule has 2 N–H and O–H groups in total. The number of rotatable bonds is 6. The number of carbonyl (C=O) groups excluding carboxylic acids is 1. The molecule has 6 nitrogen and oxygen atoms in total. The zero-order valence-electron chi connectivity index (χ0n) is 13.4. The summed E-state index contributed by atoms with van der Waals surface area (Å²) in [5, 5.41) is 6.27. The molecule has 2 aromatic rings. The molecule has 1 heterocycles. The topological polar surface area (TPSA) is 76.1 Å². The quantitative estimate of drug-likeness (QED) is 0.787. The number of aromatic nitrogens is 2. The molecule has 1 atom stereocenters. The van der Waals surface area contributed by atoms with E-state index in [0.29, 0.717) is 23.1 Å². The van der Waals surface area contributed by atoms with Crippen LogP contribution in [0.1, 0.15) is 38.3 Å². The molecule has 0 aliphatic heterocycles. The number of nitrogens with zero attached hydrogens (tertiary/aromatic N) is 1. The number of nitrogens with one attached hydrogen (secondary N) is 2. The minimum atomic E-state index is -0.604. The molecule has 8 heteroatoms. The molecule has 1 aromatic carbocycles. The summed E-state index contributed by atoms with van der Waals surface area (Å²) < 4.78 is 6.37. The molecule has 1 aromatic heterocycles. The van der Waals surface area contributed by atoms with Gasteiger partial charge in [-0.25, -0.2) is 9.48 Å². The Bertz CT molecular complexity index is 770. The summed E-state index contributed by atoms with van der Waals surface area (Å²) >= 11 is 12.0. The molecule has 1 amide bonds. The van der Waals surface area contributed by atoms with Crippen LogP contribution >= 0.6 is 23.2 Å². The van der Waals surface area contributed by atoms with E-state index in [9.17, 15) is 9.59 Å². The molecule has 24 heavy (non-hydrogen) atoms. The third-order valence-corrected chi connectivity index (χ3v) is 4.19. The lowest BCUT2D eigenvalue weighted by Gasteiger charge is -2.17. The molecule has 0 fully saturated rings. The van der Waals surface area contributed by atoms with Gasteiger partial charge in [0.1, 0.15) is 5.82 Å². The molecular formula is C16H19Cl2N3O3. The Kier molecular flexibility index (Phi) is 6.34. The van der Waals surface area contributed by atoms with Crippen molar-refractivity contribution >= 4 is 35.1 Å². The molecule has 0 saturated heterocycles. The van der Waals surface area contributed by atoms with Crippen LogP contribution in [0.2, 0.25) is 10.0 Å². The van der Waals surface area contributed by atoms with E-state index in [4.69, 9.17) is 27.9 Å². The number of H-pyrrole nitrogens is 1. The zero-order valence-corrected chi connectivity index (χ0v) is 14.9. The second-order valence-corrected chi connectivity index (χ2v) is 6.05. The van der Waals surface area contributed by atoms with Crippen molar-refractivity contribution in [1.29, 1.82) is 0 Å². The highest BCUT2D eigenvalue weighted by Gasteiger charge is 2.17. The van der Waals surface area contributed by atoms with Crippen LogP contribution in [-0.4, -0.2) is 22.5 Å². The minimum Gasteiger partial charge on any atom is -0.449 e. The van der Waals surface area contributed by atoms with Crippen LogP contribution < -0.4 is 10.9 Å². The molecular weight excluding hydrogens is 353 g/mol. The van der Waals surface area contributed by atoms with Crippen LogP contribution in [-0.2, 0) is 4.74 Å². The second-order valence-electron chi connectivity index (χ2n) is 5.24. The summed E-state index contributed by atoms with van der Waals surface area (Å²) in [6.45, 7) is 4.16. The first-order valence-corrected chi connectivity index (χ1v) is 8.42. The van der Waals surface area contributed by atoms with E-state index in [1.165, 1.54) is 10.7 Å². The van der Waals surface area contributed by atoms with Gasteiger partial charge >= 0.3 is 6.09 Å². The summed E-state index contributed by atoms with van der Waals surface area (Å²) in [6, 6.07) is 6.30. The Balaban J connectivity index is 2.24. The van der Waals surface area contributed by atoms with Crippen LogP contribution in [0.3, 0.4) is 0 Å². The maximum atomic E-state index is 12.2. The Morgan fingerprint density at radius 1 is 1.29 bits per heavy atom. The van der Waals surface area contributed by atoms with Crippen molar-refractivity contribution in [2.45, 2.75) is 32.7 Å². The van der Waals surface area contributed by atoms with E-state index in [1.807, 2.05) is 19.9 Å². The Labute approximate surface area is 149 Å². The highest BCUT2D eigenvalue weighted by molar-refractivity contribution is 6.42. The van der Waals surface area contributed by atoms with E-state index >= 15 is 0 Å². The maximum Gasteiger partial charge on any atom is 0.412 e. The predicted octanol–water partition coefficient (Wildman–Crippen LogP) is 4.44. The van der Waals surface area contributed by atoms with Crippen molar-refractivity contribution in [3.63, 3.8) is 0 Å². The summed E-state index contributed by atoms with van der Waals surface area (Å²) in [7, 11) is 0. The Morgan fingerprint density at radius 3 is 2.67 bits per heavy atom. The number of ether oxygens (including phenoxy) is 1. The summed E-state index contributed by atoms with van der Waals surface area (Å²) in [4.78, 5) is 23.8. The lowest BCUT2D eigenvalue weighted by molar-refractivity contribution is 0.161. The smallest absolute Gasteiger partial charge is 0.412 e.